The van der Waals surface area contributed by atoms with E-state index in [-0.39, 0.29) is 10.9 Å². The van der Waals surface area contributed by atoms with Gasteiger partial charge < -0.3 is 4.90 Å². The number of hydrogen-bond donors (Lipinski definition) is 1. The van der Waals surface area contributed by atoms with Crippen LogP contribution in [0.5, 0.6) is 0 Å². The average molecular weight is 308 g/mol. The standard InChI is InChI=1S/C14H20N4O2S/c1-17(2)14(12-7-5-4-6-8-12)10-16-21(19,20)13-9-15-18(3)11-13/h4-9,11,14,16H,10H2,1-3H3/t14-/m1/s1. The maximum absolute atomic E-state index is 12.2. The Balaban J connectivity index is 2.13. The summed E-state index contributed by atoms with van der Waals surface area (Å²) in [6, 6.07) is 9.78. The van der Waals surface area contributed by atoms with Crippen molar-refractivity contribution in [2.24, 2.45) is 7.05 Å². The van der Waals surface area contributed by atoms with Gasteiger partial charge in [-0.1, -0.05) is 30.3 Å². The van der Waals surface area contributed by atoms with E-state index in [2.05, 4.69) is 9.82 Å². The highest BCUT2D eigenvalue weighted by atomic mass is 32.2. The lowest BCUT2D eigenvalue weighted by Gasteiger charge is -2.24. The molecule has 7 heteroatoms. The topological polar surface area (TPSA) is 67.2 Å². The van der Waals surface area contributed by atoms with E-state index in [1.54, 1.807) is 7.05 Å². The monoisotopic (exact) mass is 308 g/mol. The quantitative estimate of drug-likeness (QED) is 0.864. The van der Waals surface area contributed by atoms with E-state index in [1.165, 1.54) is 17.1 Å². The first-order valence-electron chi connectivity index (χ1n) is 6.60. The summed E-state index contributed by atoms with van der Waals surface area (Å²) < 4.78 is 28.6. The first-order chi connectivity index (χ1) is 9.90. The number of aromatic nitrogens is 2. The van der Waals surface area contributed by atoms with Gasteiger partial charge in [-0.2, -0.15) is 5.10 Å². The van der Waals surface area contributed by atoms with Gasteiger partial charge in [-0.3, -0.25) is 4.68 Å². The molecule has 0 radical (unpaired) electrons. The summed E-state index contributed by atoms with van der Waals surface area (Å²) in [5.74, 6) is 0. The Hall–Kier alpha value is -1.70. The Morgan fingerprint density at radius 1 is 1.29 bits per heavy atom. The minimum Gasteiger partial charge on any atom is -0.301 e. The van der Waals surface area contributed by atoms with Crippen molar-refractivity contribution in [2.75, 3.05) is 20.6 Å². The van der Waals surface area contributed by atoms with Crippen LogP contribution in [-0.4, -0.2) is 43.7 Å². The van der Waals surface area contributed by atoms with Crippen molar-refractivity contribution in [3.63, 3.8) is 0 Å². The van der Waals surface area contributed by atoms with Crippen molar-refractivity contribution in [3.8, 4) is 0 Å². The molecule has 0 aliphatic rings. The van der Waals surface area contributed by atoms with Gasteiger partial charge in [0.15, 0.2) is 0 Å². The fourth-order valence-electron chi connectivity index (χ4n) is 2.08. The van der Waals surface area contributed by atoms with Crippen LogP contribution in [0.25, 0.3) is 0 Å². The van der Waals surface area contributed by atoms with Crippen molar-refractivity contribution in [2.45, 2.75) is 10.9 Å². The Bertz CT molecular complexity index is 680. The first-order valence-corrected chi connectivity index (χ1v) is 8.08. The average Bonchev–Trinajstić information content (AvgIpc) is 2.87. The van der Waals surface area contributed by atoms with Gasteiger partial charge in [-0.05, 0) is 19.7 Å². The number of hydrogen-bond acceptors (Lipinski definition) is 4. The molecule has 0 saturated carbocycles. The van der Waals surface area contributed by atoms with Crippen LogP contribution in [0.1, 0.15) is 11.6 Å². The number of likely N-dealkylation sites (N-methyl/N-ethyl adjacent to an activating group) is 1. The molecule has 21 heavy (non-hydrogen) atoms. The van der Waals surface area contributed by atoms with Crippen molar-refractivity contribution in [3.05, 3.63) is 48.3 Å². The van der Waals surface area contributed by atoms with Gasteiger partial charge in [0.1, 0.15) is 4.90 Å². The van der Waals surface area contributed by atoms with E-state index in [1.807, 2.05) is 49.3 Å². The van der Waals surface area contributed by atoms with E-state index < -0.39 is 10.0 Å². The lowest BCUT2D eigenvalue weighted by molar-refractivity contribution is 0.299. The van der Waals surface area contributed by atoms with Crippen molar-refractivity contribution < 1.29 is 8.42 Å². The van der Waals surface area contributed by atoms with Crippen molar-refractivity contribution in [1.29, 1.82) is 0 Å². The lowest BCUT2D eigenvalue weighted by Crippen LogP contribution is -2.34. The Morgan fingerprint density at radius 3 is 2.48 bits per heavy atom. The highest BCUT2D eigenvalue weighted by molar-refractivity contribution is 7.89. The van der Waals surface area contributed by atoms with E-state index in [9.17, 15) is 8.42 Å². The van der Waals surface area contributed by atoms with Gasteiger partial charge >= 0.3 is 0 Å². The molecule has 0 amide bonds. The van der Waals surface area contributed by atoms with Gasteiger partial charge in [-0.25, -0.2) is 13.1 Å². The summed E-state index contributed by atoms with van der Waals surface area (Å²) in [4.78, 5) is 2.16. The number of nitrogens with zero attached hydrogens (tertiary/aromatic N) is 3. The van der Waals surface area contributed by atoms with Crippen LogP contribution < -0.4 is 4.72 Å². The fourth-order valence-corrected chi connectivity index (χ4v) is 3.10. The molecule has 0 aliphatic heterocycles. The molecule has 6 nitrogen and oxygen atoms in total. The number of nitrogens with one attached hydrogen (secondary N) is 1. The van der Waals surface area contributed by atoms with Crippen molar-refractivity contribution >= 4 is 10.0 Å². The number of rotatable bonds is 6. The van der Waals surface area contributed by atoms with E-state index in [0.29, 0.717) is 6.54 Å². The fraction of sp³-hybridized carbons (Fsp3) is 0.357. The zero-order chi connectivity index (χ0) is 15.5. The number of sulfonamides is 1. The van der Waals surface area contributed by atoms with E-state index in [4.69, 9.17) is 0 Å². The summed E-state index contributed by atoms with van der Waals surface area (Å²) in [7, 11) is 2.00. The molecule has 2 rings (SSSR count). The Kier molecular flexibility index (Phi) is 4.76. The molecular weight excluding hydrogens is 288 g/mol. The summed E-state index contributed by atoms with van der Waals surface area (Å²) in [5, 5.41) is 3.89. The van der Waals surface area contributed by atoms with E-state index >= 15 is 0 Å². The third-order valence-electron chi connectivity index (χ3n) is 3.27. The van der Waals surface area contributed by atoms with Crippen LogP contribution in [0, 0.1) is 0 Å². The molecule has 0 aliphatic carbocycles. The maximum Gasteiger partial charge on any atom is 0.243 e. The van der Waals surface area contributed by atoms with Gasteiger partial charge in [-0.15, -0.1) is 0 Å². The molecule has 1 atom stereocenters. The molecular formula is C14H20N4O2S. The molecule has 2 aromatic rings. The summed E-state index contributed by atoms with van der Waals surface area (Å²) in [6.45, 7) is 0.300. The lowest BCUT2D eigenvalue weighted by atomic mass is 10.1. The molecule has 1 aromatic carbocycles. The van der Waals surface area contributed by atoms with Crippen LogP contribution in [-0.2, 0) is 17.1 Å². The van der Waals surface area contributed by atoms with E-state index in [0.717, 1.165) is 5.56 Å². The second kappa shape index (κ2) is 6.38. The second-order valence-corrected chi connectivity index (χ2v) is 6.86. The SMILES string of the molecule is CN(C)[C@H](CNS(=O)(=O)c1cnn(C)c1)c1ccccc1. The molecule has 1 aromatic heterocycles. The van der Waals surface area contributed by atoms with Gasteiger partial charge in [0.25, 0.3) is 0 Å². The van der Waals surface area contributed by atoms with Crippen LogP contribution in [0.4, 0.5) is 0 Å². The van der Waals surface area contributed by atoms with Crippen LogP contribution in [0.15, 0.2) is 47.6 Å². The van der Waals surface area contributed by atoms with Crippen LogP contribution >= 0.6 is 0 Å². The maximum atomic E-state index is 12.2. The summed E-state index contributed by atoms with van der Waals surface area (Å²) >= 11 is 0. The molecule has 1 N–H and O–H groups in total. The predicted octanol–water partition coefficient (Wildman–Crippen LogP) is 1.00. The smallest absolute Gasteiger partial charge is 0.243 e. The third-order valence-corrected chi connectivity index (χ3v) is 4.64. The normalized spacial score (nSPS) is 13.5. The largest absolute Gasteiger partial charge is 0.301 e. The van der Waals surface area contributed by atoms with Crippen LogP contribution in [0.3, 0.4) is 0 Å². The molecule has 0 fully saturated rings. The zero-order valence-electron chi connectivity index (χ0n) is 12.4. The highest BCUT2D eigenvalue weighted by Crippen LogP contribution is 2.17. The summed E-state index contributed by atoms with van der Waals surface area (Å²) in [5.41, 5.74) is 1.07. The minimum atomic E-state index is -3.54. The highest BCUT2D eigenvalue weighted by Gasteiger charge is 2.20. The summed E-state index contributed by atoms with van der Waals surface area (Å²) in [6.07, 6.45) is 2.82. The first kappa shape index (κ1) is 15.7. The Morgan fingerprint density at radius 2 is 1.95 bits per heavy atom. The number of benzene rings is 1. The molecule has 0 spiro atoms. The van der Waals surface area contributed by atoms with Gasteiger partial charge in [0.2, 0.25) is 10.0 Å². The Labute approximate surface area is 125 Å². The van der Waals surface area contributed by atoms with Gasteiger partial charge in [0.05, 0.1) is 6.20 Å². The van der Waals surface area contributed by atoms with Crippen molar-refractivity contribution in [1.82, 2.24) is 19.4 Å². The second-order valence-electron chi connectivity index (χ2n) is 5.09. The molecule has 0 bridgehead atoms. The third kappa shape index (κ3) is 3.90. The molecule has 0 saturated heterocycles. The molecule has 1 heterocycles. The van der Waals surface area contributed by atoms with Gasteiger partial charge in [0, 0.05) is 25.8 Å². The zero-order valence-corrected chi connectivity index (χ0v) is 13.2. The predicted molar refractivity (Wildman–Crippen MR) is 81.3 cm³/mol. The van der Waals surface area contributed by atoms with Crippen LogP contribution in [0.2, 0.25) is 0 Å². The molecule has 114 valence electrons. The number of aryl methyl sites for hydroxylation is 1. The molecule has 0 unspecified atom stereocenters. The minimum absolute atomic E-state index is 0.0300.